The lowest BCUT2D eigenvalue weighted by Gasteiger charge is -2.10. The molecule has 0 aliphatic carbocycles. The van der Waals surface area contributed by atoms with E-state index in [4.69, 9.17) is 0 Å². The summed E-state index contributed by atoms with van der Waals surface area (Å²) in [6, 6.07) is 1.82. The summed E-state index contributed by atoms with van der Waals surface area (Å²) in [5.41, 5.74) is 1.38. The van der Waals surface area contributed by atoms with E-state index >= 15 is 0 Å². The molecule has 0 spiro atoms. The highest BCUT2D eigenvalue weighted by atomic mass is 32.2. The molecule has 0 aromatic carbocycles. The van der Waals surface area contributed by atoms with Gasteiger partial charge in [0.05, 0.1) is 5.75 Å². The number of hydrogen-bond acceptors (Lipinski definition) is 5. The van der Waals surface area contributed by atoms with Crippen molar-refractivity contribution in [3.63, 3.8) is 0 Å². The Labute approximate surface area is 102 Å². The van der Waals surface area contributed by atoms with Crippen LogP contribution in [0.15, 0.2) is 11.2 Å². The quantitative estimate of drug-likeness (QED) is 0.802. The van der Waals surface area contributed by atoms with Gasteiger partial charge < -0.3 is 5.32 Å². The fourth-order valence-corrected chi connectivity index (χ4v) is 3.60. The molecule has 2 rings (SSSR count). The first-order valence-electron chi connectivity index (χ1n) is 5.76. The summed E-state index contributed by atoms with van der Waals surface area (Å²) >= 11 is 0. The van der Waals surface area contributed by atoms with Gasteiger partial charge in [0.1, 0.15) is 0 Å². The molecule has 0 unspecified atom stereocenters. The number of nitrogens with one attached hydrogen (secondary N) is 1. The Morgan fingerprint density at radius 3 is 2.53 bits per heavy atom. The molecule has 1 aromatic rings. The number of rotatable bonds is 3. The zero-order valence-electron chi connectivity index (χ0n) is 10.1. The van der Waals surface area contributed by atoms with Gasteiger partial charge in [-0.3, -0.25) is 0 Å². The average molecular weight is 255 g/mol. The smallest absolute Gasteiger partial charge is 0.247 e. The molecule has 1 aliphatic heterocycles. The molecule has 94 valence electrons. The first-order valence-corrected chi connectivity index (χ1v) is 7.41. The van der Waals surface area contributed by atoms with Crippen LogP contribution in [0.5, 0.6) is 0 Å². The fraction of sp³-hybridized carbons (Fsp3) is 0.636. The molecule has 1 aromatic heterocycles. The topological polar surface area (TPSA) is 72.0 Å². The van der Waals surface area contributed by atoms with Crippen LogP contribution in [0.1, 0.15) is 24.2 Å². The van der Waals surface area contributed by atoms with Crippen LogP contribution in [0.25, 0.3) is 0 Å². The van der Waals surface area contributed by atoms with Gasteiger partial charge in [-0.25, -0.2) is 18.4 Å². The van der Waals surface area contributed by atoms with Gasteiger partial charge in [-0.2, -0.15) is 0 Å². The molecule has 2 heterocycles. The Balaban J connectivity index is 2.24. The Hall–Kier alpha value is -1.01. The van der Waals surface area contributed by atoms with Crippen LogP contribution in [0.3, 0.4) is 0 Å². The van der Waals surface area contributed by atoms with Crippen molar-refractivity contribution in [3.05, 3.63) is 17.5 Å². The lowest BCUT2D eigenvalue weighted by atomic mass is 10.3. The van der Waals surface area contributed by atoms with Crippen LogP contribution in [0, 0.1) is 13.8 Å². The summed E-state index contributed by atoms with van der Waals surface area (Å²) in [6.45, 7) is 4.46. The Morgan fingerprint density at radius 1 is 1.35 bits per heavy atom. The summed E-state index contributed by atoms with van der Waals surface area (Å²) in [6.07, 6.45) is 1.94. The van der Waals surface area contributed by atoms with Crippen LogP contribution in [-0.4, -0.2) is 36.7 Å². The van der Waals surface area contributed by atoms with E-state index in [1.165, 1.54) is 0 Å². The fourth-order valence-electron chi connectivity index (χ4n) is 2.07. The number of nitrogens with zero attached hydrogens (tertiary/aromatic N) is 2. The van der Waals surface area contributed by atoms with Crippen molar-refractivity contribution in [3.8, 4) is 0 Å². The highest BCUT2D eigenvalue weighted by Gasteiger charge is 2.26. The number of aromatic nitrogens is 2. The van der Waals surface area contributed by atoms with E-state index in [1.54, 1.807) is 19.9 Å². The summed E-state index contributed by atoms with van der Waals surface area (Å²) in [5, 5.41) is 3.14. The maximum Gasteiger partial charge on any atom is 0.247 e. The summed E-state index contributed by atoms with van der Waals surface area (Å²) in [5.74, 6) is 0.0931. The van der Waals surface area contributed by atoms with E-state index < -0.39 is 9.84 Å². The van der Waals surface area contributed by atoms with Crippen LogP contribution in [0.2, 0.25) is 0 Å². The van der Waals surface area contributed by atoms with Crippen molar-refractivity contribution in [2.75, 3.05) is 12.3 Å². The lowest BCUT2D eigenvalue weighted by molar-refractivity contribution is 0.567. The minimum absolute atomic E-state index is 0.0382. The zero-order valence-corrected chi connectivity index (χ0v) is 10.9. The third-order valence-corrected chi connectivity index (χ3v) is 4.40. The predicted octanol–water partition coefficient (Wildman–Crippen LogP) is 0.619. The second-order valence-electron chi connectivity index (χ2n) is 4.51. The van der Waals surface area contributed by atoms with Crippen LogP contribution in [-0.2, 0) is 9.84 Å². The molecular formula is C11H17N3O2S. The Kier molecular flexibility index (Phi) is 3.44. The number of aryl methyl sites for hydroxylation is 2. The second kappa shape index (κ2) is 4.70. The molecule has 1 aliphatic rings. The van der Waals surface area contributed by atoms with Crippen LogP contribution < -0.4 is 5.32 Å². The van der Waals surface area contributed by atoms with Crippen molar-refractivity contribution >= 4 is 9.84 Å². The summed E-state index contributed by atoms with van der Waals surface area (Å²) in [4.78, 5) is 8.04. The predicted molar refractivity (Wildman–Crippen MR) is 64.6 cm³/mol. The molecule has 6 heteroatoms. The maximum absolute atomic E-state index is 12.1. The third-order valence-electron chi connectivity index (χ3n) is 2.82. The minimum Gasteiger partial charge on any atom is -0.313 e. The normalized spacial score (nSPS) is 20.7. The summed E-state index contributed by atoms with van der Waals surface area (Å²) < 4.78 is 24.3. The van der Waals surface area contributed by atoms with Crippen LogP contribution in [0.4, 0.5) is 0 Å². The standard InChI is InChI=1S/C11H17N3O2S/c1-8-6-9(2)14-11(13-8)17(15,16)7-10-4-3-5-12-10/h6,10,12H,3-5,7H2,1-2H3/t10-/m1/s1. The van der Waals surface area contributed by atoms with Gasteiger partial charge in [-0.05, 0) is 39.3 Å². The molecule has 1 fully saturated rings. The summed E-state index contributed by atoms with van der Waals surface area (Å²) in [7, 11) is -3.37. The third kappa shape index (κ3) is 3.01. The first kappa shape index (κ1) is 12.4. The SMILES string of the molecule is Cc1cc(C)nc(S(=O)(=O)C[C@H]2CCCN2)n1. The van der Waals surface area contributed by atoms with Gasteiger partial charge in [-0.1, -0.05) is 0 Å². The van der Waals surface area contributed by atoms with Gasteiger partial charge in [0.25, 0.3) is 0 Å². The Morgan fingerprint density at radius 2 is 2.00 bits per heavy atom. The molecule has 1 N–H and O–H groups in total. The van der Waals surface area contributed by atoms with E-state index in [-0.39, 0.29) is 17.0 Å². The van der Waals surface area contributed by atoms with Crippen molar-refractivity contribution in [2.24, 2.45) is 0 Å². The molecular weight excluding hydrogens is 238 g/mol. The molecule has 0 amide bonds. The van der Waals surface area contributed by atoms with Gasteiger partial charge in [0.15, 0.2) is 0 Å². The van der Waals surface area contributed by atoms with E-state index in [9.17, 15) is 8.42 Å². The van der Waals surface area contributed by atoms with Gasteiger partial charge in [0, 0.05) is 17.4 Å². The zero-order chi connectivity index (χ0) is 12.5. The van der Waals surface area contributed by atoms with E-state index in [2.05, 4.69) is 15.3 Å². The van der Waals surface area contributed by atoms with Crippen molar-refractivity contribution in [2.45, 2.75) is 37.9 Å². The van der Waals surface area contributed by atoms with Crippen molar-refractivity contribution in [1.82, 2.24) is 15.3 Å². The highest BCUT2D eigenvalue weighted by Crippen LogP contribution is 2.13. The lowest BCUT2D eigenvalue weighted by Crippen LogP contribution is -2.30. The maximum atomic E-state index is 12.1. The molecule has 1 atom stereocenters. The van der Waals surface area contributed by atoms with Gasteiger partial charge >= 0.3 is 0 Å². The highest BCUT2D eigenvalue weighted by molar-refractivity contribution is 7.91. The second-order valence-corrected chi connectivity index (χ2v) is 6.44. The van der Waals surface area contributed by atoms with E-state index in [0.717, 1.165) is 19.4 Å². The van der Waals surface area contributed by atoms with E-state index in [1.807, 2.05) is 0 Å². The molecule has 0 bridgehead atoms. The van der Waals surface area contributed by atoms with Crippen molar-refractivity contribution in [1.29, 1.82) is 0 Å². The largest absolute Gasteiger partial charge is 0.313 e. The van der Waals surface area contributed by atoms with E-state index in [0.29, 0.717) is 11.4 Å². The average Bonchev–Trinajstić information content (AvgIpc) is 2.68. The molecule has 17 heavy (non-hydrogen) atoms. The van der Waals surface area contributed by atoms with Gasteiger partial charge in [0.2, 0.25) is 15.0 Å². The monoisotopic (exact) mass is 255 g/mol. The molecule has 5 nitrogen and oxygen atoms in total. The van der Waals surface area contributed by atoms with Gasteiger partial charge in [-0.15, -0.1) is 0 Å². The first-order chi connectivity index (χ1) is 7.97. The minimum atomic E-state index is -3.37. The Bertz CT molecular complexity index is 487. The molecule has 0 saturated carbocycles. The number of hydrogen-bond donors (Lipinski definition) is 1. The van der Waals surface area contributed by atoms with Crippen molar-refractivity contribution < 1.29 is 8.42 Å². The molecule has 1 saturated heterocycles. The van der Waals surface area contributed by atoms with Crippen LogP contribution >= 0.6 is 0 Å². The molecule has 0 radical (unpaired) electrons. The number of sulfone groups is 1.